The molecule has 0 saturated carbocycles. The Morgan fingerprint density at radius 1 is 0.947 bits per heavy atom. The Bertz CT molecular complexity index is 441. The lowest BCUT2D eigenvalue weighted by molar-refractivity contribution is -0.253. The van der Waals surface area contributed by atoms with E-state index >= 15 is 0 Å². The van der Waals surface area contributed by atoms with Crippen LogP contribution in [-0.2, 0) is 4.79 Å². The van der Waals surface area contributed by atoms with E-state index < -0.39 is 22.6 Å². The van der Waals surface area contributed by atoms with Gasteiger partial charge in [0.05, 0.1) is 0 Å². The van der Waals surface area contributed by atoms with Gasteiger partial charge < -0.3 is 5.32 Å². The Balaban J connectivity index is 3.11. The van der Waals surface area contributed by atoms with Crippen LogP contribution < -0.4 is 5.32 Å². The number of halogens is 7. The number of para-hydroxylation sites is 1. The van der Waals surface area contributed by atoms with Crippen LogP contribution >= 0.6 is 15.9 Å². The van der Waals surface area contributed by atoms with Gasteiger partial charge in [-0.05, 0) is 12.1 Å². The normalized spacial score (nSPS) is 13.2. The maximum atomic E-state index is 12.5. The zero-order valence-corrected chi connectivity index (χ0v) is 10.5. The van der Waals surface area contributed by atoms with Crippen LogP contribution in [0.25, 0.3) is 0 Å². The number of nitrogens with one attached hydrogen (secondary N) is 1. The minimum atomic E-state index is -5.83. The van der Waals surface area contributed by atoms with E-state index in [-0.39, 0.29) is 5.69 Å². The molecule has 9 heteroatoms. The summed E-state index contributed by atoms with van der Waals surface area (Å²) in [5.74, 6) is -2.25. The van der Waals surface area contributed by atoms with Crippen molar-refractivity contribution in [3.8, 4) is 0 Å². The number of anilines is 1. The third-order valence-corrected chi connectivity index (χ3v) is 3.39. The van der Waals surface area contributed by atoms with Crippen molar-refractivity contribution < 1.29 is 31.1 Å². The number of rotatable bonds is 2. The zero-order chi connectivity index (χ0) is 14.9. The molecule has 1 aromatic carbocycles. The first-order valence-corrected chi connectivity index (χ1v) is 5.48. The Morgan fingerprint density at radius 3 is 1.74 bits per heavy atom. The molecule has 1 amide bonds. The van der Waals surface area contributed by atoms with E-state index in [9.17, 15) is 31.1 Å². The van der Waals surface area contributed by atoms with Crippen molar-refractivity contribution in [3.63, 3.8) is 0 Å². The van der Waals surface area contributed by atoms with Gasteiger partial charge in [0.15, 0.2) is 0 Å². The molecule has 0 spiro atoms. The fourth-order valence-corrected chi connectivity index (χ4v) is 1.26. The highest BCUT2D eigenvalue weighted by Crippen LogP contribution is 2.49. The third-order valence-electron chi connectivity index (χ3n) is 2.13. The number of amides is 1. The van der Waals surface area contributed by atoms with Gasteiger partial charge in [0.1, 0.15) is 0 Å². The Kier molecular flexibility index (Phi) is 4.18. The Hall–Kier alpha value is -1.25. The predicted molar refractivity (Wildman–Crippen MR) is 58.8 cm³/mol. The number of alkyl halides is 7. The highest BCUT2D eigenvalue weighted by molar-refractivity contribution is 9.10. The van der Waals surface area contributed by atoms with Crippen LogP contribution in [0.5, 0.6) is 0 Å². The lowest BCUT2D eigenvalue weighted by Crippen LogP contribution is -2.59. The van der Waals surface area contributed by atoms with Crippen LogP contribution in [-0.4, -0.2) is 22.6 Å². The molecule has 1 N–H and O–H groups in total. The van der Waals surface area contributed by atoms with Crippen molar-refractivity contribution in [2.24, 2.45) is 0 Å². The van der Waals surface area contributed by atoms with E-state index in [4.69, 9.17) is 0 Å². The van der Waals surface area contributed by atoms with Crippen molar-refractivity contribution in [1.29, 1.82) is 0 Å². The average molecular weight is 350 g/mol. The second-order valence-electron chi connectivity index (χ2n) is 3.47. The molecule has 0 heterocycles. The van der Waals surface area contributed by atoms with Crippen LogP contribution in [0.2, 0.25) is 0 Å². The Morgan fingerprint density at radius 2 is 1.37 bits per heavy atom. The van der Waals surface area contributed by atoms with Crippen molar-refractivity contribution in [3.05, 3.63) is 30.3 Å². The Labute approximate surface area is 111 Å². The van der Waals surface area contributed by atoms with Gasteiger partial charge in [0.25, 0.3) is 10.2 Å². The molecule has 2 nitrogen and oxygen atoms in total. The SMILES string of the molecule is O=C(Nc1ccccc1)C(Br)(C(F)(F)F)C(F)(F)F. The van der Waals surface area contributed by atoms with Gasteiger partial charge in [-0.2, -0.15) is 26.3 Å². The van der Waals surface area contributed by atoms with Gasteiger partial charge >= 0.3 is 12.4 Å². The number of benzene rings is 1. The monoisotopic (exact) mass is 349 g/mol. The first kappa shape index (κ1) is 15.8. The van der Waals surface area contributed by atoms with Crippen LogP contribution in [0.4, 0.5) is 32.0 Å². The molecule has 1 aromatic rings. The van der Waals surface area contributed by atoms with Crippen molar-refractivity contribution >= 4 is 27.5 Å². The first-order valence-electron chi connectivity index (χ1n) is 4.69. The lowest BCUT2D eigenvalue weighted by atomic mass is 10.1. The average Bonchev–Trinajstić information content (AvgIpc) is 2.26. The minimum Gasteiger partial charge on any atom is -0.324 e. The largest absolute Gasteiger partial charge is 0.421 e. The van der Waals surface area contributed by atoms with Gasteiger partial charge in [-0.25, -0.2) is 0 Å². The molecule has 0 saturated heterocycles. The van der Waals surface area contributed by atoms with E-state index in [0.29, 0.717) is 0 Å². The molecule has 0 unspecified atom stereocenters. The molecule has 0 radical (unpaired) electrons. The quantitative estimate of drug-likeness (QED) is 0.637. The fraction of sp³-hybridized carbons (Fsp3) is 0.300. The van der Waals surface area contributed by atoms with Crippen LogP contribution in [0, 0.1) is 0 Å². The molecule has 0 aliphatic carbocycles. The van der Waals surface area contributed by atoms with E-state index in [1.165, 1.54) is 34.1 Å². The van der Waals surface area contributed by atoms with Gasteiger partial charge in [-0.3, -0.25) is 4.79 Å². The number of carbonyl (C=O) groups is 1. The van der Waals surface area contributed by atoms with Crippen molar-refractivity contribution in [2.75, 3.05) is 5.32 Å². The van der Waals surface area contributed by atoms with Crippen LogP contribution in [0.1, 0.15) is 0 Å². The summed E-state index contributed by atoms with van der Waals surface area (Å²) in [4.78, 5) is 11.3. The number of carbonyl (C=O) groups excluding carboxylic acids is 1. The van der Waals surface area contributed by atoms with Crippen LogP contribution in [0.3, 0.4) is 0 Å². The second-order valence-corrected chi connectivity index (χ2v) is 4.66. The summed E-state index contributed by atoms with van der Waals surface area (Å²) in [6, 6.07) is 6.53. The molecule has 0 aliphatic heterocycles. The molecule has 0 aliphatic rings. The second kappa shape index (κ2) is 5.03. The molecule has 0 fully saturated rings. The summed E-state index contributed by atoms with van der Waals surface area (Å²) in [7, 11) is 0. The molecule has 0 bridgehead atoms. The maximum absolute atomic E-state index is 12.5. The number of hydrogen-bond acceptors (Lipinski definition) is 1. The smallest absolute Gasteiger partial charge is 0.324 e. The topological polar surface area (TPSA) is 29.1 Å². The fourth-order valence-electron chi connectivity index (χ4n) is 1.16. The number of hydrogen-bond donors (Lipinski definition) is 1. The van der Waals surface area contributed by atoms with Gasteiger partial charge in [-0.15, -0.1) is 0 Å². The van der Waals surface area contributed by atoms with E-state index in [1.54, 1.807) is 5.32 Å². The molecular formula is C10H6BrF6NO. The molecule has 1 rings (SSSR count). The van der Waals surface area contributed by atoms with Gasteiger partial charge in [0.2, 0.25) is 0 Å². The van der Waals surface area contributed by atoms with E-state index in [0.717, 1.165) is 12.1 Å². The predicted octanol–water partition coefficient (Wildman–Crippen LogP) is 3.88. The van der Waals surface area contributed by atoms with Gasteiger partial charge in [0, 0.05) is 5.69 Å². The highest BCUT2D eigenvalue weighted by atomic mass is 79.9. The van der Waals surface area contributed by atoms with Gasteiger partial charge in [-0.1, -0.05) is 34.1 Å². The van der Waals surface area contributed by atoms with E-state index in [2.05, 4.69) is 0 Å². The zero-order valence-electron chi connectivity index (χ0n) is 8.94. The summed E-state index contributed by atoms with van der Waals surface area (Å²) in [5.41, 5.74) is -0.176. The molecule has 106 valence electrons. The summed E-state index contributed by atoms with van der Waals surface area (Å²) >= 11 is 1.49. The van der Waals surface area contributed by atoms with Crippen molar-refractivity contribution in [1.82, 2.24) is 0 Å². The maximum Gasteiger partial charge on any atom is 0.421 e. The summed E-state index contributed by atoms with van der Waals surface area (Å²) in [6.07, 6.45) is -11.7. The molecular weight excluding hydrogens is 344 g/mol. The summed E-state index contributed by atoms with van der Waals surface area (Å²) < 4.78 is 70.5. The summed E-state index contributed by atoms with van der Waals surface area (Å²) in [6.45, 7) is 0. The van der Waals surface area contributed by atoms with Crippen molar-refractivity contribution in [2.45, 2.75) is 16.7 Å². The third kappa shape index (κ3) is 3.02. The summed E-state index contributed by atoms with van der Waals surface area (Å²) in [5, 5.41) is 1.57. The molecule has 0 aromatic heterocycles. The molecule has 19 heavy (non-hydrogen) atoms. The first-order chi connectivity index (χ1) is 8.50. The van der Waals surface area contributed by atoms with E-state index in [1.807, 2.05) is 0 Å². The standard InChI is InChI=1S/C10H6BrF6NO/c11-8(9(12,13)14,10(15,16)17)7(19)18-6-4-2-1-3-5-6/h1-5H,(H,18,19). The minimum absolute atomic E-state index is 0.176. The lowest BCUT2D eigenvalue weighted by Gasteiger charge is -2.30. The molecule has 0 atom stereocenters. The highest BCUT2D eigenvalue weighted by Gasteiger charge is 2.74. The van der Waals surface area contributed by atoms with Crippen LogP contribution in [0.15, 0.2) is 30.3 Å².